The van der Waals surface area contributed by atoms with Gasteiger partial charge in [0.2, 0.25) is 0 Å². The van der Waals surface area contributed by atoms with Crippen molar-refractivity contribution in [3.05, 3.63) is 0 Å². The van der Waals surface area contributed by atoms with Crippen LogP contribution in [0.2, 0.25) is 10.6 Å². The molecule has 0 atom stereocenters. The molecule has 1 heteroatoms. The van der Waals surface area contributed by atoms with Gasteiger partial charge in [-0.25, -0.2) is 0 Å². The van der Waals surface area contributed by atoms with Gasteiger partial charge in [0, 0.05) is 0 Å². The summed E-state index contributed by atoms with van der Waals surface area (Å²) in [6, 6.07) is 0. The van der Waals surface area contributed by atoms with Gasteiger partial charge in [0.1, 0.15) is 0 Å². The zero-order valence-corrected chi connectivity index (χ0v) is 14.7. The van der Waals surface area contributed by atoms with Gasteiger partial charge in [-0.05, 0) is 0 Å². The van der Waals surface area contributed by atoms with Crippen LogP contribution >= 0.6 is 0 Å². The first-order valence-electron chi connectivity index (χ1n) is 8.49. The van der Waals surface area contributed by atoms with Crippen molar-refractivity contribution in [3.8, 4) is 0 Å². The fourth-order valence-corrected chi connectivity index (χ4v) is 4.18. The second-order valence-corrected chi connectivity index (χ2v) is 8.07. The van der Waals surface area contributed by atoms with Gasteiger partial charge >= 0.3 is 110 Å². The standard InChI is InChI=1S/C17H36Se/c1-3-5-6-7-8-9-10-11-12-13-14-15-17-18-16-4-2/h3-17H2,1-2H3. The molecule has 0 heterocycles. The summed E-state index contributed by atoms with van der Waals surface area (Å²) in [4.78, 5) is 0. The molecule has 18 heavy (non-hydrogen) atoms. The summed E-state index contributed by atoms with van der Waals surface area (Å²) in [6.07, 6.45) is 19.1. The first kappa shape index (κ1) is 18.5. The molecule has 0 saturated carbocycles. The van der Waals surface area contributed by atoms with Crippen LogP contribution in [-0.2, 0) is 0 Å². The minimum absolute atomic E-state index is 0.966. The number of hydrogen-bond acceptors (Lipinski definition) is 0. The second kappa shape index (κ2) is 17.5. The monoisotopic (exact) mass is 320 g/mol. The number of hydrogen-bond donors (Lipinski definition) is 0. The van der Waals surface area contributed by atoms with E-state index in [0.717, 1.165) is 15.0 Å². The van der Waals surface area contributed by atoms with Crippen LogP contribution in [-0.4, -0.2) is 15.0 Å². The van der Waals surface area contributed by atoms with E-state index in [0.29, 0.717) is 0 Å². The van der Waals surface area contributed by atoms with E-state index < -0.39 is 0 Å². The SMILES string of the molecule is CCCCCCCCCCCCCC[Se]CCC. The molecule has 0 spiro atoms. The molecule has 0 aromatic rings. The molecular formula is C17H36Se. The molecule has 0 saturated heterocycles. The molecule has 0 aliphatic heterocycles. The van der Waals surface area contributed by atoms with Crippen molar-refractivity contribution in [3.63, 3.8) is 0 Å². The van der Waals surface area contributed by atoms with Gasteiger partial charge in [-0.15, -0.1) is 0 Å². The summed E-state index contributed by atoms with van der Waals surface area (Å²) < 4.78 is 0. The Morgan fingerprint density at radius 3 is 1.33 bits per heavy atom. The van der Waals surface area contributed by atoms with Crippen LogP contribution in [0.25, 0.3) is 0 Å². The fraction of sp³-hybridized carbons (Fsp3) is 1.00. The van der Waals surface area contributed by atoms with Crippen molar-refractivity contribution in [2.45, 2.75) is 108 Å². The van der Waals surface area contributed by atoms with Gasteiger partial charge in [0.05, 0.1) is 0 Å². The van der Waals surface area contributed by atoms with Crippen molar-refractivity contribution >= 4 is 15.0 Å². The van der Waals surface area contributed by atoms with Crippen molar-refractivity contribution < 1.29 is 0 Å². The van der Waals surface area contributed by atoms with Crippen molar-refractivity contribution in [1.29, 1.82) is 0 Å². The molecular weight excluding hydrogens is 283 g/mol. The van der Waals surface area contributed by atoms with Crippen LogP contribution in [0.15, 0.2) is 0 Å². The molecule has 0 aromatic heterocycles. The molecule has 0 N–H and O–H groups in total. The molecule has 0 rings (SSSR count). The Kier molecular flexibility index (Phi) is 18.0. The third-order valence-corrected chi connectivity index (χ3v) is 6.16. The molecule has 0 fully saturated rings. The molecule has 0 aliphatic carbocycles. The van der Waals surface area contributed by atoms with E-state index in [1.807, 2.05) is 0 Å². The van der Waals surface area contributed by atoms with E-state index in [-0.39, 0.29) is 0 Å². The zero-order valence-electron chi connectivity index (χ0n) is 13.0. The predicted octanol–water partition coefficient (Wildman–Crippen LogP) is 6.64. The second-order valence-electron chi connectivity index (χ2n) is 5.50. The average Bonchev–Trinajstić information content (AvgIpc) is 2.39. The summed E-state index contributed by atoms with van der Waals surface area (Å²) in [5.41, 5.74) is 0. The topological polar surface area (TPSA) is 0 Å². The third kappa shape index (κ3) is 16.5. The third-order valence-electron chi connectivity index (χ3n) is 3.49. The Bertz CT molecular complexity index is 118. The van der Waals surface area contributed by atoms with E-state index >= 15 is 0 Å². The first-order chi connectivity index (χ1) is 8.91. The van der Waals surface area contributed by atoms with E-state index in [1.165, 1.54) is 94.1 Å². The summed E-state index contributed by atoms with van der Waals surface area (Å²) in [5.74, 6) is 0. The summed E-state index contributed by atoms with van der Waals surface area (Å²) in [6.45, 7) is 4.60. The molecule has 0 aliphatic rings. The maximum atomic E-state index is 2.31. The van der Waals surface area contributed by atoms with E-state index in [4.69, 9.17) is 0 Å². The van der Waals surface area contributed by atoms with Gasteiger partial charge in [0.15, 0.2) is 0 Å². The van der Waals surface area contributed by atoms with E-state index in [2.05, 4.69) is 13.8 Å². The average molecular weight is 319 g/mol. The minimum atomic E-state index is 0.966. The predicted molar refractivity (Wildman–Crippen MR) is 86.7 cm³/mol. The zero-order chi connectivity index (χ0) is 13.3. The normalized spacial score (nSPS) is 11.0. The molecule has 0 unspecified atom stereocenters. The van der Waals surface area contributed by atoms with E-state index in [9.17, 15) is 0 Å². The van der Waals surface area contributed by atoms with Crippen molar-refractivity contribution in [2.24, 2.45) is 0 Å². The van der Waals surface area contributed by atoms with Gasteiger partial charge in [-0.1, -0.05) is 13.3 Å². The number of rotatable bonds is 15. The van der Waals surface area contributed by atoms with E-state index in [1.54, 1.807) is 0 Å². The van der Waals surface area contributed by atoms with Crippen LogP contribution in [0.1, 0.15) is 97.3 Å². The molecule has 0 bridgehead atoms. The molecule has 0 nitrogen and oxygen atoms in total. The van der Waals surface area contributed by atoms with Gasteiger partial charge in [0.25, 0.3) is 0 Å². The Morgan fingerprint density at radius 2 is 0.889 bits per heavy atom. The van der Waals surface area contributed by atoms with Crippen molar-refractivity contribution in [2.75, 3.05) is 0 Å². The molecule has 110 valence electrons. The summed E-state index contributed by atoms with van der Waals surface area (Å²) in [7, 11) is 0. The van der Waals surface area contributed by atoms with Crippen LogP contribution in [0.5, 0.6) is 0 Å². The van der Waals surface area contributed by atoms with Crippen LogP contribution < -0.4 is 0 Å². The maximum absolute atomic E-state index is 2.31. The Morgan fingerprint density at radius 1 is 0.444 bits per heavy atom. The summed E-state index contributed by atoms with van der Waals surface area (Å²) >= 11 is 0.966. The van der Waals surface area contributed by atoms with Gasteiger partial charge in [-0.2, -0.15) is 0 Å². The Balaban J connectivity index is 2.86. The Hall–Kier alpha value is 0.519. The molecule has 0 radical (unpaired) electrons. The molecule has 0 aromatic carbocycles. The molecule has 0 amide bonds. The van der Waals surface area contributed by atoms with Gasteiger partial charge < -0.3 is 0 Å². The quantitative estimate of drug-likeness (QED) is 0.234. The first-order valence-corrected chi connectivity index (χ1v) is 10.9. The van der Waals surface area contributed by atoms with Crippen molar-refractivity contribution in [1.82, 2.24) is 0 Å². The fourth-order valence-electron chi connectivity index (χ4n) is 2.29. The summed E-state index contributed by atoms with van der Waals surface area (Å²) in [5, 5.41) is 3.04. The van der Waals surface area contributed by atoms with Gasteiger partial charge in [-0.3, -0.25) is 0 Å². The van der Waals surface area contributed by atoms with Crippen LogP contribution in [0.4, 0.5) is 0 Å². The Labute approximate surface area is 123 Å². The van der Waals surface area contributed by atoms with Crippen LogP contribution in [0.3, 0.4) is 0 Å². The number of unbranched alkanes of at least 4 members (excludes halogenated alkanes) is 11. The van der Waals surface area contributed by atoms with Crippen LogP contribution in [0, 0.1) is 0 Å².